The fourth-order valence-corrected chi connectivity index (χ4v) is 2.80. The van der Waals surface area contributed by atoms with E-state index in [9.17, 15) is 4.79 Å². The molecule has 0 saturated heterocycles. The van der Waals surface area contributed by atoms with E-state index in [-0.39, 0.29) is 5.91 Å². The smallest absolute Gasteiger partial charge is 0.229 e. The number of carbonyl (C=O) groups excluding carboxylic acids is 1. The molecular weight excluding hydrogens is 338 g/mol. The molecule has 6 heteroatoms. The molecule has 0 bridgehead atoms. The van der Waals surface area contributed by atoms with Gasteiger partial charge in [0.1, 0.15) is 5.82 Å². The minimum absolute atomic E-state index is 0.0949. The van der Waals surface area contributed by atoms with E-state index in [0.717, 1.165) is 29.4 Å². The van der Waals surface area contributed by atoms with Crippen LogP contribution in [0.1, 0.15) is 19.4 Å². The number of hydrogen-bond donors (Lipinski definition) is 2. The van der Waals surface area contributed by atoms with Gasteiger partial charge in [0.2, 0.25) is 11.9 Å². The predicted octanol–water partition coefficient (Wildman–Crippen LogP) is 4.65. The second-order valence-electron chi connectivity index (χ2n) is 6.21. The summed E-state index contributed by atoms with van der Waals surface area (Å²) in [5.74, 6) is 1.25. The van der Waals surface area contributed by atoms with Gasteiger partial charge in [-0.1, -0.05) is 12.1 Å². The molecule has 0 aliphatic carbocycles. The average Bonchev–Trinajstić information content (AvgIpc) is 2.64. The maximum absolute atomic E-state index is 11.1. The maximum atomic E-state index is 11.1. The van der Waals surface area contributed by atoms with E-state index >= 15 is 0 Å². The number of benzene rings is 2. The van der Waals surface area contributed by atoms with Crippen molar-refractivity contribution in [3.63, 3.8) is 0 Å². The standard InChI is InChI=1S/C21H23N5O/c1-4-26(19-7-5-6-15(2)14-19)20-12-13-22-21(25-20)24-18-10-8-17(9-11-18)23-16(3)27/h5-14H,4H2,1-3H3,(H,23,27)(H,22,24,25). The Labute approximate surface area is 159 Å². The van der Waals surface area contributed by atoms with Gasteiger partial charge in [0, 0.05) is 36.7 Å². The molecule has 27 heavy (non-hydrogen) atoms. The SMILES string of the molecule is CCN(c1cccc(C)c1)c1ccnc(Nc2ccc(NC(C)=O)cc2)n1. The van der Waals surface area contributed by atoms with Gasteiger partial charge in [-0.2, -0.15) is 4.98 Å². The Morgan fingerprint density at radius 1 is 1.07 bits per heavy atom. The third-order valence-electron chi connectivity index (χ3n) is 4.01. The Morgan fingerprint density at radius 2 is 1.81 bits per heavy atom. The zero-order chi connectivity index (χ0) is 19.2. The minimum Gasteiger partial charge on any atom is -0.326 e. The van der Waals surface area contributed by atoms with Gasteiger partial charge in [0.25, 0.3) is 0 Å². The number of nitrogens with zero attached hydrogens (tertiary/aromatic N) is 3. The first-order valence-corrected chi connectivity index (χ1v) is 8.87. The van der Waals surface area contributed by atoms with Crippen LogP contribution in [-0.4, -0.2) is 22.4 Å². The Hall–Kier alpha value is -3.41. The molecule has 0 saturated carbocycles. The lowest BCUT2D eigenvalue weighted by Gasteiger charge is -2.22. The largest absolute Gasteiger partial charge is 0.326 e. The van der Waals surface area contributed by atoms with Gasteiger partial charge >= 0.3 is 0 Å². The van der Waals surface area contributed by atoms with Crippen molar-refractivity contribution in [3.8, 4) is 0 Å². The first-order chi connectivity index (χ1) is 13.0. The predicted molar refractivity (Wildman–Crippen MR) is 110 cm³/mol. The molecule has 0 spiro atoms. The number of nitrogens with one attached hydrogen (secondary N) is 2. The molecule has 0 fully saturated rings. The topological polar surface area (TPSA) is 70.2 Å². The number of rotatable bonds is 6. The highest BCUT2D eigenvalue weighted by Crippen LogP contribution is 2.25. The molecule has 2 aromatic carbocycles. The van der Waals surface area contributed by atoms with Crippen LogP contribution in [0.5, 0.6) is 0 Å². The minimum atomic E-state index is -0.0949. The Bertz CT molecular complexity index is 924. The molecule has 0 unspecified atom stereocenters. The van der Waals surface area contributed by atoms with Crippen LogP contribution in [0.25, 0.3) is 0 Å². The van der Waals surface area contributed by atoms with Gasteiger partial charge in [-0.05, 0) is 61.9 Å². The molecule has 2 N–H and O–H groups in total. The zero-order valence-electron chi connectivity index (χ0n) is 15.7. The third kappa shape index (κ3) is 4.82. The van der Waals surface area contributed by atoms with Gasteiger partial charge in [0.05, 0.1) is 0 Å². The summed E-state index contributed by atoms with van der Waals surface area (Å²) in [5.41, 5.74) is 3.90. The van der Waals surface area contributed by atoms with E-state index in [1.165, 1.54) is 12.5 Å². The van der Waals surface area contributed by atoms with Crippen molar-refractivity contribution in [2.75, 3.05) is 22.1 Å². The van der Waals surface area contributed by atoms with Crippen molar-refractivity contribution < 1.29 is 4.79 Å². The number of aryl methyl sites for hydroxylation is 1. The van der Waals surface area contributed by atoms with Gasteiger partial charge in [0.15, 0.2) is 0 Å². The van der Waals surface area contributed by atoms with Crippen LogP contribution in [0, 0.1) is 6.92 Å². The van der Waals surface area contributed by atoms with E-state index in [4.69, 9.17) is 0 Å². The fraction of sp³-hybridized carbons (Fsp3) is 0.190. The van der Waals surface area contributed by atoms with Crippen LogP contribution in [0.3, 0.4) is 0 Å². The van der Waals surface area contributed by atoms with E-state index in [0.29, 0.717) is 5.95 Å². The Morgan fingerprint density at radius 3 is 2.48 bits per heavy atom. The van der Waals surface area contributed by atoms with Crippen LogP contribution >= 0.6 is 0 Å². The maximum Gasteiger partial charge on any atom is 0.229 e. The first-order valence-electron chi connectivity index (χ1n) is 8.87. The molecular formula is C21H23N5O. The lowest BCUT2D eigenvalue weighted by Crippen LogP contribution is -2.18. The van der Waals surface area contributed by atoms with Crippen molar-refractivity contribution in [1.29, 1.82) is 0 Å². The summed E-state index contributed by atoms with van der Waals surface area (Å²) in [6.07, 6.45) is 1.74. The number of amides is 1. The lowest BCUT2D eigenvalue weighted by molar-refractivity contribution is -0.114. The molecule has 3 rings (SSSR count). The summed E-state index contributed by atoms with van der Waals surface area (Å²) in [6.45, 7) is 6.46. The lowest BCUT2D eigenvalue weighted by atomic mass is 10.2. The fourth-order valence-electron chi connectivity index (χ4n) is 2.80. The van der Waals surface area contributed by atoms with E-state index < -0.39 is 0 Å². The average molecular weight is 361 g/mol. The van der Waals surface area contributed by atoms with Crippen molar-refractivity contribution in [2.45, 2.75) is 20.8 Å². The molecule has 1 heterocycles. The molecule has 0 atom stereocenters. The summed E-state index contributed by atoms with van der Waals surface area (Å²) in [7, 11) is 0. The van der Waals surface area contributed by atoms with Crippen molar-refractivity contribution in [1.82, 2.24) is 9.97 Å². The summed E-state index contributed by atoms with van der Waals surface area (Å²) < 4.78 is 0. The van der Waals surface area contributed by atoms with E-state index in [1.54, 1.807) is 6.20 Å². The molecule has 3 aromatic rings. The first kappa shape index (κ1) is 18.4. The third-order valence-corrected chi connectivity index (χ3v) is 4.01. The van der Waals surface area contributed by atoms with Crippen molar-refractivity contribution >= 4 is 34.7 Å². The second-order valence-corrected chi connectivity index (χ2v) is 6.21. The van der Waals surface area contributed by atoms with Crippen LogP contribution in [0.2, 0.25) is 0 Å². The van der Waals surface area contributed by atoms with Gasteiger partial charge in [-0.15, -0.1) is 0 Å². The summed E-state index contributed by atoms with van der Waals surface area (Å²) in [5, 5.41) is 5.95. The molecule has 1 aromatic heterocycles. The Kier molecular flexibility index (Phi) is 5.66. The number of carbonyl (C=O) groups is 1. The molecule has 0 aliphatic rings. The van der Waals surface area contributed by atoms with Crippen LogP contribution in [0.4, 0.5) is 28.8 Å². The highest BCUT2D eigenvalue weighted by atomic mass is 16.1. The van der Waals surface area contributed by atoms with Crippen molar-refractivity contribution in [3.05, 3.63) is 66.4 Å². The monoisotopic (exact) mass is 361 g/mol. The molecule has 0 aliphatic heterocycles. The number of aromatic nitrogens is 2. The van der Waals surface area contributed by atoms with Crippen LogP contribution < -0.4 is 15.5 Å². The molecule has 6 nitrogen and oxygen atoms in total. The van der Waals surface area contributed by atoms with E-state index in [2.05, 4.69) is 57.5 Å². The number of anilines is 5. The summed E-state index contributed by atoms with van der Waals surface area (Å²) >= 11 is 0. The normalized spacial score (nSPS) is 10.3. The van der Waals surface area contributed by atoms with Gasteiger partial charge in [-0.3, -0.25) is 4.79 Å². The van der Waals surface area contributed by atoms with Crippen LogP contribution in [-0.2, 0) is 4.79 Å². The van der Waals surface area contributed by atoms with Crippen LogP contribution in [0.15, 0.2) is 60.8 Å². The molecule has 1 amide bonds. The summed E-state index contributed by atoms with van der Waals surface area (Å²) in [6, 6.07) is 17.7. The highest BCUT2D eigenvalue weighted by molar-refractivity contribution is 5.88. The Balaban J connectivity index is 1.79. The molecule has 0 radical (unpaired) electrons. The zero-order valence-corrected chi connectivity index (χ0v) is 15.7. The second kappa shape index (κ2) is 8.31. The van der Waals surface area contributed by atoms with Crippen molar-refractivity contribution in [2.24, 2.45) is 0 Å². The molecule has 138 valence electrons. The van der Waals surface area contributed by atoms with Gasteiger partial charge in [-0.25, -0.2) is 4.98 Å². The summed E-state index contributed by atoms with van der Waals surface area (Å²) in [4.78, 5) is 22.2. The number of hydrogen-bond acceptors (Lipinski definition) is 5. The van der Waals surface area contributed by atoms with E-state index in [1.807, 2.05) is 36.4 Å². The quantitative estimate of drug-likeness (QED) is 0.669. The van der Waals surface area contributed by atoms with Gasteiger partial charge < -0.3 is 15.5 Å². The highest BCUT2D eigenvalue weighted by Gasteiger charge is 2.10.